The molecule has 5 heteroatoms. The molecule has 1 aromatic carbocycles. The number of benzene rings is 1. The summed E-state index contributed by atoms with van der Waals surface area (Å²) in [6, 6.07) is 5.93. The molecular formula is C14H17N3O2. The lowest BCUT2D eigenvalue weighted by Gasteiger charge is -2.09. The van der Waals surface area contributed by atoms with Crippen LogP contribution in [-0.4, -0.2) is 30.5 Å². The molecule has 0 unspecified atom stereocenters. The molecule has 0 aliphatic carbocycles. The number of anilines is 1. The molecule has 0 saturated carbocycles. The molecule has 2 aromatic rings. The van der Waals surface area contributed by atoms with Gasteiger partial charge in [-0.2, -0.15) is 5.10 Å². The van der Waals surface area contributed by atoms with Crippen LogP contribution in [0.25, 0.3) is 11.3 Å². The van der Waals surface area contributed by atoms with E-state index >= 15 is 0 Å². The summed E-state index contributed by atoms with van der Waals surface area (Å²) in [5.74, 6) is 1.59. The second kappa shape index (κ2) is 4.84. The highest BCUT2D eigenvalue weighted by molar-refractivity contribution is 5.77. The molecule has 0 atom stereocenters. The molecule has 100 valence electrons. The summed E-state index contributed by atoms with van der Waals surface area (Å²) in [7, 11) is 1.89. The maximum absolute atomic E-state index is 5.71. The van der Waals surface area contributed by atoms with Crippen molar-refractivity contribution in [2.75, 3.05) is 25.6 Å². The number of aromatic nitrogens is 2. The number of H-pyrrole nitrogens is 1. The van der Waals surface area contributed by atoms with Gasteiger partial charge in [0.15, 0.2) is 11.5 Å². The first-order valence-electron chi connectivity index (χ1n) is 6.42. The number of hydrogen-bond acceptors (Lipinski definition) is 4. The predicted octanol–water partition coefficient (Wildman–Crippen LogP) is 2.59. The number of ether oxygens (including phenoxy) is 2. The summed E-state index contributed by atoms with van der Waals surface area (Å²) < 4.78 is 11.3. The van der Waals surface area contributed by atoms with Crippen molar-refractivity contribution < 1.29 is 9.47 Å². The van der Waals surface area contributed by atoms with Crippen LogP contribution in [0.15, 0.2) is 18.2 Å². The fourth-order valence-electron chi connectivity index (χ4n) is 2.25. The van der Waals surface area contributed by atoms with Crippen LogP contribution in [0, 0.1) is 6.92 Å². The van der Waals surface area contributed by atoms with Gasteiger partial charge < -0.3 is 14.8 Å². The lowest BCUT2D eigenvalue weighted by atomic mass is 10.1. The third-order valence-corrected chi connectivity index (χ3v) is 3.22. The van der Waals surface area contributed by atoms with E-state index < -0.39 is 0 Å². The first-order valence-corrected chi connectivity index (χ1v) is 6.42. The SMILES string of the molecule is CNc1c(-c2ccc3c(c2)OCCCO3)n[nH]c1C. The van der Waals surface area contributed by atoms with Crippen LogP contribution in [0.5, 0.6) is 11.5 Å². The molecule has 19 heavy (non-hydrogen) atoms. The van der Waals surface area contributed by atoms with Gasteiger partial charge in [0.2, 0.25) is 0 Å². The van der Waals surface area contributed by atoms with Gasteiger partial charge in [0.1, 0.15) is 5.69 Å². The molecule has 2 N–H and O–H groups in total. The van der Waals surface area contributed by atoms with E-state index in [2.05, 4.69) is 15.5 Å². The van der Waals surface area contributed by atoms with E-state index in [1.807, 2.05) is 32.2 Å². The standard InChI is InChI=1S/C14H17N3O2/c1-9-13(15-2)14(17-16-9)10-4-5-11-12(8-10)19-7-3-6-18-11/h4-5,8,15H,3,6-7H2,1-2H3,(H,16,17). The van der Waals surface area contributed by atoms with Gasteiger partial charge in [-0.3, -0.25) is 5.10 Å². The minimum absolute atomic E-state index is 0.689. The Morgan fingerprint density at radius 2 is 2.00 bits per heavy atom. The molecule has 1 aromatic heterocycles. The van der Waals surface area contributed by atoms with Crippen molar-refractivity contribution in [2.24, 2.45) is 0 Å². The summed E-state index contributed by atoms with van der Waals surface area (Å²) in [5.41, 5.74) is 3.94. The number of aryl methyl sites for hydroxylation is 1. The quantitative estimate of drug-likeness (QED) is 0.870. The minimum Gasteiger partial charge on any atom is -0.490 e. The molecule has 0 saturated heterocycles. The van der Waals surface area contributed by atoms with Crippen molar-refractivity contribution in [3.63, 3.8) is 0 Å². The Morgan fingerprint density at radius 1 is 1.21 bits per heavy atom. The van der Waals surface area contributed by atoms with E-state index in [9.17, 15) is 0 Å². The zero-order chi connectivity index (χ0) is 13.2. The second-order valence-electron chi connectivity index (χ2n) is 4.53. The smallest absolute Gasteiger partial charge is 0.161 e. The molecule has 1 aliphatic heterocycles. The highest BCUT2D eigenvalue weighted by Crippen LogP contribution is 2.36. The van der Waals surface area contributed by atoms with Gasteiger partial charge in [0, 0.05) is 19.0 Å². The van der Waals surface area contributed by atoms with Crippen molar-refractivity contribution in [1.82, 2.24) is 10.2 Å². The Balaban J connectivity index is 2.03. The lowest BCUT2D eigenvalue weighted by molar-refractivity contribution is 0.297. The highest BCUT2D eigenvalue weighted by atomic mass is 16.5. The average molecular weight is 259 g/mol. The second-order valence-corrected chi connectivity index (χ2v) is 4.53. The molecule has 0 radical (unpaired) electrons. The van der Waals surface area contributed by atoms with E-state index in [1.54, 1.807) is 0 Å². The highest BCUT2D eigenvalue weighted by Gasteiger charge is 2.15. The topological polar surface area (TPSA) is 59.2 Å². The summed E-state index contributed by atoms with van der Waals surface area (Å²) in [4.78, 5) is 0. The normalized spacial score (nSPS) is 14.0. The molecule has 0 spiro atoms. The molecule has 0 fully saturated rings. The van der Waals surface area contributed by atoms with Gasteiger partial charge in [-0.25, -0.2) is 0 Å². The first-order chi connectivity index (χ1) is 9.29. The van der Waals surface area contributed by atoms with Crippen molar-refractivity contribution in [3.05, 3.63) is 23.9 Å². The van der Waals surface area contributed by atoms with Gasteiger partial charge in [0.05, 0.1) is 24.6 Å². The summed E-state index contributed by atoms with van der Waals surface area (Å²) in [6.07, 6.45) is 0.910. The summed E-state index contributed by atoms with van der Waals surface area (Å²) in [5, 5.41) is 10.5. The monoisotopic (exact) mass is 259 g/mol. The molecular weight excluding hydrogens is 242 g/mol. The minimum atomic E-state index is 0.689. The van der Waals surface area contributed by atoms with Crippen molar-refractivity contribution in [3.8, 4) is 22.8 Å². The molecule has 2 heterocycles. The molecule has 0 bridgehead atoms. The molecule has 5 nitrogen and oxygen atoms in total. The molecule has 0 amide bonds. The Labute approximate surface area is 111 Å². The van der Waals surface area contributed by atoms with Crippen LogP contribution in [0.4, 0.5) is 5.69 Å². The number of fused-ring (bicyclic) bond motifs is 1. The third-order valence-electron chi connectivity index (χ3n) is 3.22. The van der Waals surface area contributed by atoms with E-state index in [4.69, 9.17) is 9.47 Å². The molecule has 3 rings (SSSR count). The van der Waals surface area contributed by atoms with E-state index in [0.29, 0.717) is 13.2 Å². The Morgan fingerprint density at radius 3 is 2.79 bits per heavy atom. The van der Waals surface area contributed by atoms with Gasteiger partial charge in [0.25, 0.3) is 0 Å². The van der Waals surface area contributed by atoms with Gasteiger partial charge in [-0.1, -0.05) is 0 Å². The van der Waals surface area contributed by atoms with E-state index in [0.717, 1.165) is 40.6 Å². The van der Waals surface area contributed by atoms with Crippen LogP contribution in [0.3, 0.4) is 0 Å². The number of hydrogen-bond donors (Lipinski definition) is 2. The fraction of sp³-hybridized carbons (Fsp3) is 0.357. The van der Waals surface area contributed by atoms with Crippen LogP contribution in [0.2, 0.25) is 0 Å². The average Bonchev–Trinajstić information content (AvgIpc) is 2.66. The van der Waals surface area contributed by atoms with Crippen molar-refractivity contribution >= 4 is 5.69 Å². The van der Waals surface area contributed by atoms with E-state index in [-0.39, 0.29) is 0 Å². The lowest BCUT2D eigenvalue weighted by Crippen LogP contribution is -1.97. The zero-order valence-corrected chi connectivity index (χ0v) is 11.1. The van der Waals surface area contributed by atoms with E-state index in [1.165, 1.54) is 0 Å². The maximum atomic E-state index is 5.71. The molecule has 1 aliphatic rings. The first kappa shape index (κ1) is 11.9. The number of aromatic amines is 1. The maximum Gasteiger partial charge on any atom is 0.161 e. The van der Waals surface area contributed by atoms with Crippen molar-refractivity contribution in [1.29, 1.82) is 0 Å². The summed E-state index contributed by atoms with van der Waals surface area (Å²) in [6.45, 7) is 3.38. The van der Waals surface area contributed by atoms with Gasteiger partial charge >= 0.3 is 0 Å². The fourth-order valence-corrected chi connectivity index (χ4v) is 2.25. The predicted molar refractivity (Wildman–Crippen MR) is 73.9 cm³/mol. The van der Waals surface area contributed by atoms with Crippen LogP contribution >= 0.6 is 0 Å². The van der Waals surface area contributed by atoms with Crippen molar-refractivity contribution in [2.45, 2.75) is 13.3 Å². The van der Waals surface area contributed by atoms with Crippen LogP contribution < -0.4 is 14.8 Å². The van der Waals surface area contributed by atoms with Gasteiger partial charge in [-0.15, -0.1) is 0 Å². The Kier molecular flexibility index (Phi) is 3.03. The Bertz CT molecular complexity index is 592. The van der Waals surface area contributed by atoms with Crippen LogP contribution in [0.1, 0.15) is 12.1 Å². The number of rotatable bonds is 2. The van der Waals surface area contributed by atoms with Gasteiger partial charge in [-0.05, 0) is 25.1 Å². The number of nitrogens with zero attached hydrogens (tertiary/aromatic N) is 1. The largest absolute Gasteiger partial charge is 0.490 e. The summed E-state index contributed by atoms with van der Waals surface area (Å²) >= 11 is 0. The van der Waals surface area contributed by atoms with Crippen LogP contribution in [-0.2, 0) is 0 Å². The number of nitrogens with one attached hydrogen (secondary N) is 2. The Hall–Kier alpha value is -2.17. The third kappa shape index (κ3) is 2.12. The zero-order valence-electron chi connectivity index (χ0n) is 11.1.